The predicted octanol–water partition coefficient (Wildman–Crippen LogP) is 3.24. The Kier molecular flexibility index (Phi) is 4.91. The lowest BCUT2D eigenvalue weighted by Crippen LogP contribution is -2.40. The first-order valence-electron chi connectivity index (χ1n) is 8.02. The van der Waals surface area contributed by atoms with Gasteiger partial charge in [0.1, 0.15) is 0 Å². The van der Waals surface area contributed by atoms with E-state index in [1.165, 1.54) is 0 Å². The summed E-state index contributed by atoms with van der Waals surface area (Å²) in [4.78, 5) is 23.4. The van der Waals surface area contributed by atoms with Gasteiger partial charge in [0, 0.05) is 36.3 Å². The van der Waals surface area contributed by atoms with Gasteiger partial charge in [0.05, 0.1) is 16.7 Å². The molecule has 0 aromatic carbocycles. The summed E-state index contributed by atoms with van der Waals surface area (Å²) in [5.41, 5.74) is 3.05. The largest absolute Gasteiger partial charge is 0.338 e. The van der Waals surface area contributed by atoms with Gasteiger partial charge in [0.2, 0.25) is 0 Å². The van der Waals surface area contributed by atoms with Gasteiger partial charge in [-0.1, -0.05) is 6.07 Å². The summed E-state index contributed by atoms with van der Waals surface area (Å²) in [6.07, 6.45) is 2.78. The van der Waals surface area contributed by atoms with E-state index in [1.54, 1.807) is 11.3 Å². The third-order valence-corrected chi connectivity index (χ3v) is 4.89. The quantitative estimate of drug-likeness (QED) is 0.936. The van der Waals surface area contributed by atoms with Crippen molar-refractivity contribution in [1.29, 1.82) is 0 Å². The van der Waals surface area contributed by atoms with E-state index in [0.717, 1.165) is 47.9 Å². The van der Waals surface area contributed by atoms with Crippen LogP contribution in [0.15, 0.2) is 23.6 Å². The predicted molar refractivity (Wildman–Crippen MR) is 91.6 cm³/mol. The Morgan fingerprint density at radius 3 is 3.00 bits per heavy atom. The van der Waals surface area contributed by atoms with Gasteiger partial charge in [0.25, 0.3) is 0 Å². The molecule has 0 unspecified atom stereocenters. The van der Waals surface area contributed by atoms with Gasteiger partial charge in [-0.25, -0.2) is 9.78 Å². The molecule has 1 atom stereocenters. The fraction of sp³-hybridized carbons (Fsp3) is 0.471. The normalized spacial score (nSPS) is 17.5. The molecular weight excluding hydrogens is 308 g/mol. The Hall–Kier alpha value is -1.95. The molecule has 1 N–H and O–H groups in total. The average Bonchev–Trinajstić information content (AvgIpc) is 3.15. The lowest BCUT2D eigenvalue weighted by molar-refractivity contribution is 0.192. The highest BCUT2D eigenvalue weighted by molar-refractivity contribution is 7.09. The first kappa shape index (κ1) is 15.9. The molecule has 122 valence electrons. The summed E-state index contributed by atoms with van der Waals surface area (Å²) in [6, 6.07) is 6.10. The van der Waals surface area contributed by atoms with Crippen LogP contribution in [0.5, 0.6) is 0 Å². The third kappa shape index (κ3) is 3.88. The van der Waals surface area contributed by atoms with Crippen molar-refractivity contribution < 1.29 is 4.79 Å². The van der Waals surface area contributed by atoms with Crippen molar-refractivity contribution in [3.05, 3.63) is 45.7 Å². The maximum Gasteiger partial charge on any atom is 0.317 e. The van der Waals surface area contributed by atoms with Gasteiger partial charge in [0.15, 0.2) is 0 Å². The summed E-state index contributed by atoms with van der Waals surface area (Å²) >= 11 is 1.64. The fourth-order valence-electron chi connectivity index (χ4n) is 2.99. The summed E-state index contributed by atoms with van der Waals surface area (Å²) in [5, 5.41) is 6.15. The van der Waals surface area contributed by atoms with Gasteiger partial charge < -0.3 is 10.2 Å². The molecule has 2 aromatic rings. The molecule has 0 radical (unpaired) electrons. The van der Waals surface area contributed by atoms with Gasteiger partial charge >= 0.3 is 6.03 Å². The van der Waals surface area contributed by atoms with Crippen LogP contribution in [0.2, 0.25) is 0 Å². The van der Waals surface area contributed by atoms with Crippen LogP contribution >= 0.6 is 11.3 Å². The Labute approximate surface area is 140 Å². The highest BCUT2D eigenvalue weighted by Crippen LogP contribution is 2.32. The molecule has 0 bridgehead atoms. The molecule has 1 aliphatic heterocycles. The highest BCUT2D eigenvalue weighted by atomic mass is 32.1. The molecule has 1 saturated heterocycles. The number of hydrogen-bond donors (Lipinski definition) is 1. The lowest BCUT2D eigenvalue weighted by Gasteiger charge is -2.23. The minimum Gasteiger partial charge on any atom is -0.338 e. The van der Waals surface area contributed by atoms with Crippen LogP contribution in [0.1, 0.15) is 41.0 Å². The summed E-state index contributed by atoms with van der Waals surface area (Å²) in [6.45, 7) is 5.39. The number of amides is 2. The molecule has 2 amide bonds. The standard InChI is InChI=1S/C17H22N4OS/c1-12-5-3-6-14(19-12)8-9-18-17(22)21-10-4-7-16(21)15-11-23-13(2)20-15/h3,5-6,11,16H,4,7-10H2,1-2H3,(H,18,22)/t16-/m1/s1. The van der Waals surface area contributed by atoms with Crippen molar-refractivity contribution in [3.63, 3.8) is 0 Å². The third-order valence-electron chi connectivity index (χ3n) is 4.10. The Bertz CT molecular complexity index is 685. The van der Waals surface area contributed by atoms with Crippen LogP contribution in [-0.2, 0) is 6.42 Å². The van der Waals surface area contributed by atoms with E-state index in [0.29, 0.717) is 6.54 Å². The number of carbonyl (C=O) groups is 1. The van der Waals surface area contributed by atoms with Crippen LogP contribution < -0.4 is 5.32 Å². The van der Waals surface area contributed by atoms with Gasteiger partial charge in [-0.2, -0.15) is 0 Å². The smallest absolute Gasteiger partial charge is 0.317 e. The minimum atomic E-state index is 0.00538. The Balaban J connectivity index is 1.55. The SMILES string of the molecule is Cc1cccc(CCNC(=O)N2CCC[C@@H]2c2csc(C)n2)n1. The van der Waals surface area contributed by atoms with Crippen LogP contribution in [0.25, 0.3) is 0 Å². The molecular formula is C17H22N4OS. The Morgan fingerprint density at radius 2 is 2.26 bits per heavy atom. The number of nitrogens with one attached hydrogen (secondary N) is 1. The number of hydrogen-bond acceptors (Lipinski definition) is 4. The zero-order valence-corrected chi connectivity index (χ0v) is 14.4. The Morgan fingerprint density at radius 1 is 1.39 bits per heavy atom. The van der Waals surface area contributed by atoms with Gasteiger partial charge in [-0.05, 0) is 38.8 Å². The molecule has 1 aliphatic rings. The number of pyridine rings is 1. The van der Waals surface area contributed by atoms with E-state index >= 15 is 0 Å². The molecule has 0 saturated carbocycles. The lowest BCUT2D eigenvalue weighted by atomic mass is 10.2. The van der Waals surface area contributed by atoms with E-state index in [1.807, 2.05) is 36.9 Å². The number of thiazole rings is 1. The first-order chi connectivity index (χ1) is 11.1. The number of nitrogens with zero attached hydrogens (tertiary/aromatic N) is 3. The average molecular weight is 330 g/mol. The molecule has 5 nitrogen and oxygen atoms in total. The molecule has 3 heterocycles. The van der Waals surface area contributed by atoms with Crippen LogP contribution in [0.4, 0.5) is 4.79 Å². The van der Waals surface area contributed by atoms with Crippen LogP contribution in [-0.4, -0.2) is 34.0 Å². The molecule has 0 spiro atoms. The molecule has 0 aliphatic carbocycles. The van der Waals surface area contributed by atoms with Crippen molar-refractivity contribution in [2.24, 2.45) is 0 Å². The summed E-state index contributed by atoms with van der Waals surface area (Å²) in [5.74, 6) is 0. The second kappa shape index (κ2) is 7.08. The van der Waals surface area contributed by atoms with Gasteiger partial charge in [-0.3, -0.25) is 4.98 Å². The van der Waals surface area contributed by atoms with Crippen LogP contribution in [0, 0.1) is 13.8 Å². The summed E-state index contributed by atoms with van der Waals surface area (Å²) in [7, 11) is 0. The maximum atomic E-state index is 12.5. The summed E-state index contributed by atoms with van der Waals surface area (Å²) < 4.78 is 0. The van der Waals surface area contributed by atoms with E-state index in [-0.39, 0.29) is 12.1 Å². The number of carbonyl (C=O) groups excluding carboxylic acids is 1. The van der Waals surface area contributed by atoms with E-state index in [2.05, 4.69) is 20.7 Å². The monoisotopic (exact) mass is 330 g/mol. The van der Waals surface area contributed by atoms with E-state index in [9.17, 15) is 4.79 Å². The van der Waals surface area contributed by atoms with E-state index < -0.39 is 0 Å². The minimum absolute atomic E-state index is 0.00538. The van der Waals surface area contributed by atoms with Crippen molar-refractivity contribution >= 4 is 17.4 Å². The molecule has 23 heavy (non-hydrogen) atoms. The molecule has 1 fully saturated rings. The zero-order chi connectivity index (χ0) is 16.2. The maximum absolute atomic E-state index is 12.5. The zero-order valence-electron chi connectivity index (χ0n) is 13.6. The molecule has 3 rings (SSSR count). The van der Waals surface area contributed by atoms with Crippen molar-refractivity contribution in [3.8, 4) is 0 Å². The topological polar surface area (TPSA) is 58.1 Å². The highest BCUT2D eigenvalue weighted by Gasteiger charge is 2.31. The van der Waals surface area contributed by atoms with Crippen molar-refractivity contribution in [2.75, 3.05) is 13.1 Å². The van der Waals surface area contributed by atoms with Crippen molar-refractivity contribution in [1.82, 2.24) is 20.2 Å². The number of aromatic nitrogens is 2. The number of rotatable bonds is 4. The number of urea groups is 1. The second-order valence-electron chi connectivity index (χ2n) is 5.90. The fourth-order valence-corrected chi connectivity index (χ4v) is 3.65. The van der Waals surface area contributed by atoms with Crippen molar-refractivity contribution in [2.45, 2.75) is 39.2 Å². The molecule has 2 aromatic heterocycles. The molecule has 6 heteroatoms. The first-order valence-corrected chi connectivity index (χ1v) is 8.90. The van der Waals surface area contributed by atoms with E-state index in [4.69, 9.17) is 0 Å². The number of aryl methyl sites for hydroxylation is 2. The van der Waals surface area contributed by atoms with Gasteiger partial charge in [-0.15, -0.1) is 11.3 Å². The van der Waals surface area contributed by atoms with Crippen LogP contribution in [0.3, 0.4) is 0 Å². The number of likely N-dealkylation sites (tertiary alicyclic amines) is 1. The second-order valence-corrected chi connectivity index (χ2v) is 6.96.